The van der Waals surface area contributed by atoms with Crippen LogP contribution in [0.5, 0.6) is 0 Å². The van der Waals surface area contributed by atoms with Crippen LogP contribution in [0, 0.1) is 0 Å². The predicted molar refractivity (Wildman–Crippen MR) is 80.4 cm³/mol. The maximum atomic E-state index is 5.71. The Morgan fingerprint density at radius 3 is 2.74 bits per heavy atom. The van der Waals surface area contributed by atoms with E-state index in [1.165, 1.54) is 5.56 Å². The molecule has 0 aliphatic carbocycles. The summed E-state index contributed by atoms with van der Waals surface area (Å²) in [6.45, 7) is 2.21. The summed E-state index contributed by atoms with van der Waals surface area (Å²) < 4.78 is 0. The largest absolute Gasteiger partial charge is 0.399 e. The van der Waals surface area contributed by atoms with E-state index in [1.807, 2.05) is 30.5 Å². The predicted octanol–water partition coefficient (Wildman–Crippen LogP) is 3.62. The Kier molecular flexibility index (Phi) is 3.17. The highest BCUT2D eigenvalue weighted by Crippen LogP contribution is 2.26. The number of thiazole rings is 1. The first-order valence-electron chi connectivity index (χ1n) is 6.28. The van der Waals surface area contributed by atoms with Gasteiger partial charge in [-0.05, 0) is 35.7 Å². The summed E-state index contributed by atoms with van der Waals surface area (Å²) in [5, 5.41) is 1.14. The molecule has 2 N–H and O–H groups in total. The van der Waals surface area contributed by atoms with Gasteiger partial charge in [0.2, 0.25) is 0 Å². The van der Waals surface area contributed by atoms with Crippen LogP contribution in [-0.2, 0) is 6.42 Å². The highest BCUT2D eigenvalue weighted by Gasteiger charge is 2.10. The van der Waals surface area contributed by atoms with Crippen molar-refractivity contribution in [3.63, 3.8) is 0 Å². The lowest BCUT2D eigenvalue weighted by Gasteiger charge is -2.09. The van der Waals surface area contributed by atoms with Crippen LogP contribution >= 0.6 is 11.3 Å². The minimum absolute atomic E-state index is 0.432. The average Bonchev–Trinajstić information content (AvgIpc) is 2.81. The molecule has 2 aromatic heterocycles. The zero-order valence-electron chi connectivity index (χ0n) is 10.7. The molecule has 19 heavy (non-hydrogen) atoms. The number of aromatic nitrogens is 2. The first-order valence-corrected chi connectivity index (χ1v) is 7.10. The van der Waals surface area contributed by atoms with Crippen molar-refractivity contribution in [2.45, 2.75) is 19.3 Å². The van der Waals surface area contributed by atoms with Crippen LogP contribution in [0.1, 0.15) is 23.4 Å². The van der Waals surface area contributed by atoms with Crippen LogP contribution in [-0.4, -0.2) is 9.97 Å². The molecule has 1 atom stereocenters. The summed E-state index contributed by atoms with van der Waals surface area (Å²) in [4.78, 5) is 9.98. The SMILES string of the molecule is CC(Cc1nc2cccnc2s1)c1ccc(N)cc1. The van der Waals surface area contributed by atoms with Gasteiger partial charge in [-0.1, -0.05) is 30.4 Å². The normalized spacial score (nSPS) is 12.7. The number of nitrogens with zero attached hydrogens (tertiary/aromatic N) is 2. The van der Waals surface area contributed by atoms with Gasteiger partial charge in [0, 0.05) is 18.3 Å². The maximum absolute atomic E-state index is 5.71. The van der Waals surface area contributed by atoms with E-state index in [4.69, 9.17) is 5.73 Å². The molecule has 0 aliphatic rings. The molecule has 4 heteroatoms. The van der Waals surface area contributed by atoms with Crippen LogP contribution in [0.3, 0.4) is 0 Å². The summed E-state index contributed by atoms with van der Waals surface area (Å²) in [5.41, 5.74) is 8.80. The molecule has 0 spiro atoms. The Bertz CT molecular complexity index is 655. The maximum Gasteiger partial charge on any atom is 0.143 e. The Balaban J connectivity index is 1.82. The fourth-order valence-corrected chi connectivity index (χ4v) is 3.14. The van der Waals surface area contributed by atoms with Gasteiger partial charge in [0.1, 0.15) is 10.3 Å². The van der Waals surface area contributed by atoms with Crippen molar-refractivity contribution in [2.24, 2.45) is 0 Å². The number of anilines is 1. The van der Waals surface area contributed by atoms with Gasteiger partial charge in [0.05, 0.1) is 5.01 Å². The van der Waals surface area contributed by atoms with Gasteiger partial charge in [-0.15, -0.1) is 0 Å². The van der Waals surface area contributed by atoms with Crippen molar-refractivity contribution in [3.05, 3.63) is 53.2 Å². The molecule has 0 bridgehead atoms. The topological polar surface area (TPSA) is 51.8 Å². The lowest BCUT2D eigenvalue weighted by Crippen LogP contribution is -1.98. The third-order valence-electron chi connectivity index (χ3n) is 3.20. The van der Waals surface area contributed by atoms with Crippen molar-refractivity contribution < 1.29 is 0 Å². The lowest BCUT2D eigenvalue weighted by molar-refractivity contribution is 0.756. The minimum Gasteiger partial charge on any atom is -0.399 e. The first kappa shape index (κ1) is 12.1. The molecular formula is C15H15N3S. The number of hydrogen-bond donors (Lipinski definition) is 1. The molecule has 1 unspecified atom stereocenters. The highest BCUT2D eigenvalue weighted by molar-refractivity contribution is 7.18. The quantitative estimate of drug-likeness (QED) is 0.739. The molecule has 3 aromatic rings. The highest BCUT2D eigenvalue weighted by atomic mass is 32.1. The Morgan fingerprint density at radius 1 is 1.21 bits per heavy atom. The van der Waals surface area contributed by atoms with E-state index in [9.17, 15) is 0 Å². The molecular weight excluding hydrogens is 254 g/mol. The third-order valence-corrected chi connectivity index (χ3v) is 4.20. The van der Waals surface area contributed by atoms with E-state index in [-0.39, 0.29) is 0 Å². The zero-order valence-corrected chi connectivity index (χ0v) is 11.5. The van der Waals surface area contributed by atoms with Gasteiger partial charge in [-0.3, -0.25) is 0 Å². The average molecular weight is 269 g/mol. The van der Waals surface area contributed by atoms with E-state index >= 15 is 0 Å². The van der Waals surface area contributed by atoms with E-state index in [0.29, 0.717) is 5.92 Å². The van der Waals surface area contributed by atoms with Gasteiger partial charge >= 0.3 is 0 Å². The molecule has 0 fully saturated rings. The summed E-state index contributed by atoms with van der Waals surface area (Å²) in [5.74, 6) is 0.432. The minimum atomic E-state index is 0.432. The molecule has 0 radical (unpaired) electrons. The summed E-state index contributed by atoms with van der Waals surface area (Å²) in [6.07, 6.45) is 2.75. The summed E-state index contributed by atoms with van der Waals surface area (Å²) in [6, 6.07) is 12.0. The van der Waals surface area contributed by atoms with Crippen molar-refractivity contribution >= 4 is 27.4 Å². The first-order chi connectivity index (χ1) is 9.22. The van der Waals surface area contributed by atoms with Crippen molar-refractivity contribution in [1.82, 2.24) is 9.97 Å². The second-order valence-corrected chi connectivity index (χ2v) is 5.77. The number of fused-ring (bicyclic) bond motifs is 1. The van der Waals surface area contributed by atoms with E-state index in [2.05, 4.69) is 29.0 Å². The van der Waals surface area contributed by atoms with E-state index < -0.39 is 0 Å². The summed E-state index contributed by atoms with van der Waals surface area (Å²) >= 11 is 1.68. The van der Waals surface area contributed by atoms with Crippen LogP contribution in [0.4, 0.5) is 5.69 Å². The van der Waals surface area contributed by atoms with E-state index in [1.54, 1.807) is 11.3 Å². The molecule has 0 amide bonds. The third kappa shape index (κ3) is 2.58. The second-order valence-electron chi connectivity index (χ2n) is 4.71. The zero-order chi connectivity index (χ0) is 13.2. The number of pyridine rings is 1. The second kappa shape index (κ2) is 4.97. The monoisotopic (exact) mass is 269 g/mol. The van der Waals surface area contributed by atoms with Gasteiger partial charge < -0.3 is 5.73 Å². The van der Waals surface area contributed by atoms with Crippen LogP contribution < -0.4 is 5.73 Å². The fourth-order valence-electron chi connectivity index (χ4n) is 2.11. The molecule has 0 saturated heterocycles. The number of nitrogens with two attached hydrogens (primary N) is 1. The number of hydrogen-bond acceptors (Lipinski definition) is 4. The van der Waals surface area contributed by atoms with Crippen LogP contribution in [0.2, 0.25) is 0 Å². The van der Waals surface area contributed by atoms with Gasteiger partial charge in [0.15, 0.2) is 0 Å². The molecule has 2 heterocycles. The Hall–Kier alpha value is -1.94. The van der Waals surface area contributed by atoms with Crippen molar-refractivity contribution in [2.75, 3.05) is 5.73 Å². The molecule has 3 nitrogen and oxygen atoms in total. The Labute approximate surface area is 116 Å². The van der Waals surface area contributed by atoms with Crippen molar-refractivity contribution in [3.8, 4) is 0 Å². The molecule has 0 aliphatic heterocycles. The lowest BCUT2D eigenvalue weighted by atomic mass is 9.98. The molecule has 3 rings (SSSR count). The van der Waals surface area contributed by atoms with Gasteiger partial charge in [-0.25, -0.2) is 9.97 Å². The standard InChI is InChI=1S/C15H15N3S/c1-10(11-4-6-12(16)7-5-11)9-14-18-13-3-2-8-17-15(13)19-14/h2-8,10H,9,16H2,1H3. The van der Waals surface area contributed by atoms with Crippen LogP contribution in [0.25, 0.3) is 10.3 Å². The Morgan fingerprint density at radius 2 is 2.00 bits per heavy atom. The number of benzene rings is 1. The summed E-state index contributed by atoms with van der Waals surface area (Å²) in [7, 11) is 0. The smallest absolute Gasteiger partial charge is 0.143 e. The number of rotatable bonds is 3. The van der Waals surface area contributed by atoms with Gasteiger partial charge in [-0.2, -0.15) is 0 Å². The van der Waals surface area contributed by atoms with Crippen molar-refractivity contribution in [1.29, 1.82) is 0 Å². The van der Waals surface area contributed by atoms with E-state index in [0.717, 1.165) is 27.5 Å². The fraction of sp³-hybridized carbons (Fsp3) is 0.200. The molecule has 0 saturated carbocycles. The molecule has 1 aromatic carbocycles. The van der Waals surface area contributed by atoms with Gasteiger partial charge in [0.25, 0.3) is 0 Å². The number of nitrogen functional groups attached to an aromatic ring is 1. The molecule has 96 valence electrons. The van der Waals surface area contributed by atoms with Crippen LogP contribution in [0.15, 0.2) is 42.6 Å².